The van der Waals surface area contributed by atoms with Crippen molar-refractivity contribution in [3.8, 4) is 0 Å². The Hall–Kier alpha value is -1.21. The standard InChI is InChI=1S/C13H23N5OS/c1-5-6-14-11-10(15-16-20-11)9-18-8-7-17(4)12(19)13(18,2)3/h14H,5-9H2,1-4H3. The number of anilines is 1. The summed E-state index contributed by atoms with van der Waals surface area (Å²) in [5.74, 6) is 0.162. The molecule has 1 N–H and O–H groups in total. The number of nitrogens with zero attached hydrogens (tertiary/aromatic N) is 4. The van der Waals surface area contributed by atoms with Gasteiger partial charge in [0.2, 0.25) is 5.91 Å². The van der Waals surface area contributed by atoms with Crippen LogP contribution in [-0.4, -0.2) is 57.5 Å². The predicted octanol–water partition coefficient (Wildman–Crippen LogP) is 1.41. The Morgan fingerprint density at radius 3 is 2.85 bits per heavy atom. The van der Waals surface area contributed by atoms with E-state index in [1.807, 2.05) is 20.9 Å². The SMILES string of the molecule is CCCNc1snnc1CN1CCN(C)C(=O)C1(C)C. The number of nitrogens with one attached hydrogen (secondary N) is 1. The molecule has 0 spiro atoms. The quantitative estimate of drug-likeness (QED) is 0.890. The van der Waals surface area contributed by atoms with Crippen LogP contribution >= 0.6 is 11.5 Å². The molecule has 1 aromatic heterocycles. The Kier molecular flexibility index (Phi) is 4.59. The van der Waals surface area contributed by atoms with Crippen molar-refractivity contribution < 1.29 is 4.79 Å². The third-order valence-corrected chi connectivity index (χ3v) is 4.52. The zero-order valence-corrected chi connectivity index (χ0v) is 13.5. The Bertz CT molecular complexity index is 473. The second-order valence-electron chi connectivity index (χ2n) is 5.68. The molecule has 1 aliphatic heterocycles. The van der Waals surface area contributed by atoms with E-state index in [2.05, 4.69) is 26.7 Å². The lowest BCUT2D eigenvalue weighted by atomic mass is 9.97. The molecule has 2 rings (SSSR count). The molecule has 0 aromatic carbocycles. The zero-order chi connectivity index (χ0) is 14.8. The Labute approximate surface area is 124 Å². The molecule has 0 atom stereocenters. The van der Waals surface area contributed by atoms with Gasteiger partial charge in [-0.05, 0) is 20.3 Å². The van der Waals surface area contributed by atoms with Gasteiger partial charge in [0.05, 0.1) is 5.54 Å². The maximum atomic E-state index is 12.3. The first kappa shape index (κ1) is 15.2. The van der Waals surface area contributed by atoms with Gasteiger partial charge in [-0.25, -0.2) is 0 Å². The maximum Gasteiger partial charge on any atom is 0.242 e. The van der Waals surface area contributed by atoms with E-state index < -0.39 is 5.54 Å². The number of amides is 1. The number of likely N-dealkylation sites (N-methyl/N-ethyl adjacent to an activating group) is 1. The molecule has 20 heavy (non-hydrogen) atoms. The topological polar surface area (TPSA) is 61.4 Å². The van der Waals surface area contributed by atoms with Gasteiger partial charge in [0.25, 0.3) is 0 Å². The molecule has 1 saturated heterocycles. The first-order valence-corrected chi connectivity index (χ1v) is 7.80. The molecule has 1 amide bonds. The van der Waals surface area contributed by atoms with Crippen LogP contribution in [0.15, 0.2) is 0 Å². The van der Waals surface area contributed by atoms with Crippen LogP contribution in [0, 0.1) is 0 Å². The number of aromatic nitrogens is 2. The van der Waals surface area contributed by atoms with Crippen molar-refractivity contribution in [1.29, 1.82) is 0 Å². The number of hydrogen-bond acceptors (Lipinski definition) is 6. The maximum absolute atomic E-state index is 12.3. The van der Waals surface area contributed by atoms with Crippen LogP contribution in [0.4, 0.5) is 5.00 Å². The second kappa shape index (κ2) is 6.05. The smallest absolute Gasteiger partial charge is 0.242 e. The highest BCUT2D eigenvalue weighted by Crippen LogP contribution is 2.26. The highest BCUT2D eigenvalue weighted by atomic mass is 32.1. The van der Waals surface area contributed by atoms with E-state index in [0.717, 1.165) is 36.8 Å². The summed E-state index contributed by atoms with van der Waals surface area (Å²) < 4.78 is 4.03. The van der Waals surface area contributed by atoms with Gasteiger partial charge in [0, 0.05) is 44.8 Å². The average molecular weight is 297 g/mol. The molecule has 0 bridgehead atoms. The van der Waals surface area contributed by atoms with Gasteiger partial charge in [-0.15, -0.1) is 5.10 Å². The lowest BCUT2D eigenvalue weighted by Gasteiger charge is -2.44. The minimum absolute atomic E-state index is 0.162. The Balaban J connectivity index is 2.10. The summed E-state index contributed by atoms with van der Waals surface area (Å²) in [6.45, 7) is 9.28. The average Bonchev–Trinajstić information content (AvgIpc) is 2.85. The molecule has 1 fully saturated rings. The largest absolute Gasteiger partial charge is 0.374 e. The molecule has 6 nitrogen and oxygen atoms in total. The van der Waals surface area contributed by atoms with Crippen molar-refractivity contribution in [3.63, 3.8) is 0 Å². The number of carbonyl (C=O) groups excluding carboxylic acids is 1. The van der Waals surface area contributed by atoms with Gasteiger partial charge < -0.3 is 10.2 Å². The molecule has 0 saturated carbocycles. The molecular weight excluding hydrogens is 274 g/mol. The van der Waals surface area contributed by atoms with Gasteiger partial charge in [-0.3, -0.25) is 9.69 Å². The van der Waals surface area contributed by atoms with Crippen molar-refractivity contribution in [1.82, 2.24) is 19.4 Å². The van der Waals surface area contributed by atoms with E-state index in [4.69, 9.17) is 0 Å². The fraction of sp³-hybridized carbons (Fsp3) is 0.769. The predicted molar refractivity (Wildman–Crippen MR) is 80.8 cm³/mol. The van der Waals surface area contributed by atoms with Crippen molar-refractivity contribution in [2.45, 2.75) is 39.3 Å². The summed E-state index contributed by atoms with van der Waals surface area (Å²) in [6.07, 6.45) is 1.07. The first-order valence-electron chi connectivity index (χ1n) is 7.02. The molecule has 112 valence electrons. The highest BCUT2D eigenvalue weighted by molar-refractivity contribution is 7.10. The molecule has 7 heteroatoms. The lowest BCUT2D eigenvalue weighted by molar-refractivity contribution is -0.147. The molecule has 0 aliphatic carbocycles. The van der Waals surface area contributed by atoms with Crippen molar-refractivity contribution in [2.75, 3.05) is 32.0 Å². The molecular formula is C13H23N5OS. The number of hydrogen-bond donors (Lipinski definition) is 1. The lowest BCUT2D eigenvalue weighted by Crippen LogP contribution is -2.61. The van der Waals surface area contributed by atoms with Crippen molar-refractivity contribution in [2.24, 2.45) is 0 Å². The van der Waals surface area contributed by atoms with Crippen LogP contribution in [0.25, 0.3) is 0 Å². The number of rotatable bonds is 5. The number of piperazine rings is 1. The van der Waals surface area contributed by atoms with Crippen molar-refractivity contribution in [3.05, 3.63) is 5.69 Å². The summed E-state index contributed by atoms with van der Waals surface area (Å²) in [5, 5.41) is 8.59. The van der Waals surface area contributed by atoms with Crippen LogP contribution in [0.5, 0.6) is 0 Å². The second-order valence-corrected chi connectivity index (χ2v) is 6.44. The van der Waals surface area contributed by atoms with E-state index in [9.17, 15) is 4.79 Å². The van der Waals surface area contributed by atoms with Crippen LogP contribution in [0.2, 0.25) is 0 Å². The van der Waals surface area contributed by atoms with Gasteiger partial charge in [0.1, 0.15) is 10.7 Å². The normalized spacial score (nSPS) is 19.4. The molecule has 1 aliphatic rings. The fourth-order valence-corrected chi connectivity index (χ4v) is 2.99. The number of carbonyl (C=O) groups is 1. The zero-order valence-electron chi connectivity index (χ0n) is 12.6. The van der Waals surface area contributed by atoms with Crippen LogP contribution in [0.1, 0.15) is 32.9 Å². The molecule has 0 radical (unpaired) electrons. The first-order chi connectivity index (χ1) is 9.46. The highest BCUT2D eigenvalue weighted by Gasteiger charge is 2.40. The summed E-state index contributed by atoms with van der Waals surface area (Å²) in [7, 11) is 1.86. The van der Waals surface area contributed by atoms with E-state index in [1.54, 1.807) is 4.90 Å². The summed E-state index contributed by atoms with van der Waals surface area (Å²) in [5.41, 5.74) is 0.451. The minimum Gasteiger partial charge on any atom is -0.374 e. The van der Waals surface area contributed by atoms with Crippen molar-refractivity contribution >= 4 is 22.4 Å². The van der Waals surface area contributed by atoms with E-state index >= 15 is 0 Å². The summed E-state index contributed by atoms with van der Waals surface area (Å²) >= 11 is 1.39. The van der Waals surface area contributed by atoms with Gasteiger partial charge >= 0.3 is 0 Å². The Morgan fingerprint density at radius 2 is 2.15 bits per heavy atom. The van der Waals surface area contributed by atoms with Gasteiger partial charge in [-0.1, -0.05) is 11.4 Å². The summed E-state index contributed by atoms with van der Waals surface area (Å²) in [6, 6.07) is 0. The molecule has 1 aromatic rings. The molecule has 2 heterocycles. The summed E-state index contributed by atoms with van der Waals surface area (Å²) in [4.78, 5) is 16.3. The van der Waals surface area contributed by atoms with Crippen LogP contribution in [0.3, 0.4) is 0 Å². The third-order valence-electron chi connectivity index (χ3n) is 3.80. The van der Waals surface area contributed by atoms with Gasteiger partial charge in [0.15, 0.2) is 0 Å². The van der Waals surface area contributed by atoms with Crippen LogP contribution in [-0.2, 0) is 11.3 Å². The third kappa shape index (κ3) is 2.93. The van der Waals surface area contributed by atoms with E-state index in [-0.39, 0.29) is 5.91 Å². The van der Waals surface area contributed by atoms with E-state index in [0.29, 0.717) is 6.54 Å². The minimum atomic E-state index is -0.487. The monoisotopic (exact) mass is 297 g/mol. The fourth-order valence-electron chi connectivity index (χ4n) is 2.40. The molecule has 0 unspecified atom stereocenters. The Morgan fingerprint density at radius 1 is 1.40 bits per heavy atom. The van der Waals surface area contributed by atoms with E-state index in [1.165, 1.54) is 11.5 Å². The van der Waals surface area contributed by atoms with Crippen LogP contribution < -0.4 is 5.32 Å². The van der Waals surface area contributed by atoms with Gasteiger partial charge in [-0.2, -0.15) is 0 Å².